The van der Waals surface area contributed by atoms with Crippen molar-refractivity contribution in [1.82, 2.24) is 19.3 Å². The lowest BCUT2D eigenvalue weighted by Gasteiger charge is -2.19. The molecule has 0 atom stereocenters. The van der Waals surface area contributed by atoms with Gasteiger partial charge in [0.05, 0.1) is 35.5 Å². The minimum absolute atomic E-state index is 0.0707. The number of carbonyl (C=O) groups excluding carboxylic acids is 1. The first-order valence-electron chi connectivity index (χ1n) is 15.5. The van der Waals surface area contributed by atoms with Gasteiger partial charge in [-0.25, -0.2) is 23.4 Å². The Morgan fingerprint density at radius 1 is 0.854 bits per heavy atom. The number of ether oxygens (including phenoxy) is 5. The van der Waals surface area contributed by atoms with Crippen LogP contribution in [0.1, 0.15) is 34.5 Å². The molecule has 5 aromatic rings. The minimum atomic E-state index is -0.717. The molecule has 0 saturated heterocycles. The SMILES string of the molecule is COCCOc1cc2ncnc(Oc3ccc(CC(=O)c4c5n(n(-c6ccc(F)cc6)c4=O)CCCC5)cc3F)c2cc1OCCOC. The number of methoxy groups -OCH3 is 2. The van der Waals surface area contributed by atoms with Crippen molar-refractivity contribution in [2.75, 3.05) is 40.6 Å². The number of aromatic nitrogens is 4. The van der Waals surface area contributed by atoms with E-state index in [-0.39, 0.29) is 36.8 Å². The monoisotopic (exact) mass is 660 g/mol. The summed E-state index contributed by atoms with van der Waals surface area (Å²) in [6.45, 7) is 1.82. The van der Waals surface area contributed by atoms with Crippen molar-refractivity contribution >= 4 is 16.7 Å². The van der Waals surface area contributed by atoms with Crippen LogP contribution in [0.25, 0.3) is 16.6 Å². The predicted molar refractivity (Wildman–Crippen MR) is 172 cm³/mol. The number of hydrogen-bond acceptors (Lipinski definition) is 9. The molecule has 0 bridgehead atoms. The van der Waals surface area contributed by atoms with Gasteiger partial charge in [0.1, 0.15) is 30.9 Å². The first-order chi connectivity index (χ1) is 23.4. The molecule has 0 fully saturated rings. The molecule has 1 aliphatic heterocycles. The van der Waals surface area contributed by atoms with Crippen molar-refractivity contribution in [2.45, 2.75) is 32.2 Å². The molecule has 0 aliphatic carbocycles. The summed E-state index contributed by atoms with van der Waals surface area (Å²) in [7, 11) is 3.14. The van der Waals surface area contributed by atoms with E-state index < -0.39 is 23.0 Å². The van der Waals surface area contributed by atoms with Crippen LogP contribution in [-0.2, 0) is 28.9 Å². The lowest BCUT2D eigenvalue weighted by atomic mass is 9.99. The number of Topliss-reactive ketones (excluding diaryl/α,β-unsaturated/α-hetero) is 1. The molecule has 48 heavy (non-hydrogen) atoms. The highest BCUT2D eigenvalue weighted by Gasteiger charge is 2.28. The molecule has 13 heteroatoms. The first kappa shape index (κ1) is 32.8. The second kappa shape index (κ2) is 14.7. The molecule has 3 aromatic carbocycles. The van der Waals surface area contributed by atoms with Crippen molar-refractivity contribution in [3.8, 4) is 28.8 Å². The normalized spacial score (nSPS) is 12.6. The van der Waals surface area contributed by atoms with Gasteiger partial charge in [-0.05, 0) is 67.3 Å². The Bertz CT molecular complexity index is 1990. The van der Waals surface area contributed by atoms with Crippen molar-refractivity contribution in [3.05, 3.63) is 99.7 Å². The zero-order valence-electron chi connectivity index (χ0n) is 26.5. The largest absolute Gasteiger partial charge is 0.487 e. The number of fused-ring (bicyclic) bond motifs is 2. The average molecular weight is 661 g/mol. The second-order valence-electron chi connectivity index (χ2n) is 11.1. The van der Waals surface area contributed by atoms with E-state index in [0.29, 0.717) is 65.5 Å². The third-order valence-corrected chi connectivity index (χ3v) is 7.95. The van der Waals surface area contributed by atoms with Gasteiger partial charge in [0, 0.05) is 33.3 Å². The highest BCUT2D eigenvalue weighted by Crippen LogP contribution is 2.37. The second-order valence-corrected chi connectivity index (χ2v) is 11.1. The quantitative estimate of drug-likeness (QED) is 0.113. The smallest absolute Gasteiger partial charge is 0.282 e. The van der Waals surface area contributed by atoms with Crippen molar-refractivity contribution in [2.24, 2.45) is 0 Å². The number of ketones is 1. The molecule has 0 spiro atoms. The van der Waals surface area contributed by atoms with Crippen LogP contribution in [0, 0.1) is 11.6 Å². The molecule has 0 N–H and O–H groups in total. The molecule has 0 amide bonds. The molecule has 1 aliphatic rings. The van der Waals surface area contributed by atoms with Gasteiger partial charge in [0.15, 0.2) is 28.8 Å². The van der Waals surface area contributed by atoms with E-state index in [1.807, 2.05) is 0 Å². The Labute approximate surface area is 274 Å². The summed E-state index contributed by atoms with van der Waals surface area (Å²) < 4.78 is 60.0. The Morgan fingerprint density at radius 2 is 1.58 bits per heavy atom. The maximum atomic E-state index is 15.5. The van der Waals surface area contributed by atoms with Crippen LogP contribution < -0.4 is 19.8 Å². The van der Waals surface area contributed by atoms with Crippen molar-refractivity contribution in [1.29, 1.82) is 0 Å². The lowest BCUT2D eigenvalue weighted by Crippen LogP contribution is -2.24. The molecule has 0 radical (unpaired) electrons. The Hall–Kier alpha value is -5.14. The first-order valence-corrected chi connectivity index (χ1v) is 15.5. The number of benzene rings is 3. The van der Waals surface area contributed by atoms with Crippen molar-refractivity contribution < 1.29 is 37.3 Å². The summed E-state index contributed by atoms with van der Waals surface area (Å²) in [5, 5.41) is 0.457. The van der Waals surface area contributed by atoms with Gasteiger partial charge in [0.25, 0.3) is 5.56 Å². The van der Waals surface area contributed by atoms with Crippen molar-refractivity contribution in [3.63, 3.8) is 0 Å². The maximum Gasteiger partial charge on any atom is 0.282 e. The van der Waals surface area contributed by atoms with Gasteiger partial charge in [-0.3, -0.25) is 14.3 Å². The van der Waals surface area contributed by atoms with Crippen LogP contribution >= 0.6 is 0 Å². The van der Waals surface area contributed by atoms with E-state index >= 15 is 4.39 Å². The molecule has 2 aromatic heterocycles. The predicted octanol–water partition coefficient (Wildman–Crippen LogP) is 5.46. The highest BCUT2D eigenvalue weighted by atomic mass is 19.1. The lowest BCUT2D eigenvalue weighted by molar-refractivity contribution is 0.0990. The number of carbonyl (C=O) groups is 1. The highest BCUT2D eigenvalue weighted by molar-refractivity contribution is 5.98. The van der Waals surface area contributed by atoms with Gasteiger partial charge in [-0.15, -0.1) is 0 Å². The summed E-state index contributed by atoms with van der Waals surface area (Å²) in [6, 6.07) is 13.1. The molecular formula is C35H34F2N4O7. The van der Waals surface area contributed by atoms with Crippen LogP contribution in [0.2, 0.25) is 0 Å². The van der Waals surface area contributed by atoms with E-state index in [4.69, 9.17) is 23.7 Å². The van der Waals surface area contributed by atoms with Gasteiger partial charge < -0.3 is 23.7 Å². The summed E-state index contributed by atoms with van der Waals surface area (Å²) >= 11 is 0. The molecule has 6 rings (SSSR count). The summed E-state index contributed by atoms with van der Waals surface area (Å²) in [5.74, 6) is -0.759. The van der Waals surface area contributed by atoms with Gasteiger partial charge in [-0.1, -0.05) is 6.07 Å². The van der Waals surface area contributed by atoms with E-state index in [1.165, 1.54) is 47.4 Å². The van der Waals surface area contributed by atoms with Crippen LogP contribution in [0.4, 0.5) is 8.78 Å². The molecule has 0 saturated carbocycles. The number of halogens is 2. The fourth-order valence-corrected chi connectivity index (χ4v) is 5.68. The fraction of sp³-hybridized carbons (Fsp3) is 0.314. The molecule has 0 unspecified atom stereocenters. The summed E-state index contributed by atoms with van der Waals surface area (Å²) in [6.07, 6.45) is 3.32. The van der Waals surface area contributed by atoms with E-state index in [1.54, 1.807) is 37.1 Å². The van der Waals surface area contributed by atoms with E-state index in [9.17, 15) is 14.0 Å². The molecule has 250 valence electrons. The summed E-state index contributed by atoms with van der Waals surface area (Å²) in [4.78, 5) is 35.7. The van der Waals surface area contributed by atoms with Gasteiger partial charge in [-0.2, -0.15) is 0 Å². The zero-order chi connectivity index (χ0) is 33.6. The molecular weight excluding hydrogens is 626 g/mol. The number of nitrogens with zero attached hydrogens (tertiary/aromatic N) is 4. The standard InChI is InChI=1S/C35H34F2N4O7/c1-44-13-15-46-31-19-25-27(20-32(31)47-16-14-45-2)38-21-39-34(25)48-30-11-6-22(17-26(30)37)18-29(42)33-28-5-3-4-12-40(28)41(35(33)43)24-9-7-23(36)8-10-24/h6-11,17,19-21H,3-5,12-16,18H2,1-2H3. The molecule has 3 heterocycles. The van der Waals surface area contributed by atoms with Crippen LogP contribution in [0.15, 0.2) is 65.7 Å². The van der Waals surface area contributed by atoms with E-state index in [0.717, 1.165) is 12.8 Å². The van der Waals surface area contributed by atoms with E-state index in [2.05, 4.69) is 9.97 Å². The average Bonchev–Trinajstić information content (AvgIpc) is 3.38. The number of hydrogen-bond donors (Lipinski definition) is 0. The fourth-order valence-electron chi connectivity index (χ4n) is 5.68. The zero-order valence-corrected chi connectivity index (χ0v) is 26.5. The maximum absolute atomic E-state index is 15.5. The van der Waals surface area contributed by atoms with Crippen LogP contribution in [0.3, 0.4) is 0 Å². The third kappa shape index (κ3) is 6.92. The summed E-state index contributed by atoms with van der Waals surface area (Å²) in [5.41, 5.74) is 1.55. The van der Waals surface area contributed by atoms with Gasteiger partial charge >= 0.3 is 0 Å². The Kier molecular flexibility index (Phi) is 10.1. The number of rotatable bonds is 14. The minimum Gasteiger partial charge on any atom is -0.487 e. The van der Waals surface area contributed by atoms with Crippen LogP contribution in [0.5, 0.6) is 23.1 Å². The Morgan fingerprint density at radius 3 is 2.29 bits per heavy atom. The van der Waals surface area contributed by atoms with Crippen LogP contribution in [-0.4, -0.2) is 65.8 Å². The molecule has 11 nitrogen and oxygen atoms in total. The van der Waals surface area contributed by atoms with Gasteiger partial charge in [0.2, 0.25) is 5.88 Å². The topological polar surface area (TPSA) is 116 Å². The Balaban J connectivity index is 1.25. The third-order valence-electron chi connectivity index (χ3n) is 7.95.